The van der Waals surface area contributed by atoms with Crippen LogP contribution in [0, 0.1) is 0 Å². The number of hydrogen-bond donors (Lipinski definition) is 0. The van der Waals surface area contributed by atoms with E-state index in [-0.39, 0.29) is 12.0 Å². The Labute approximate surface area is 165 Å². The number of rotatable bonds is 8. The van der Waals surface area contributed by atoms with Gasteiger partial charge in [-0.3, -0.25) is 9.78 Å². The molecule has 5 nitrogen and oxygen atoms in total. The Bertz CT molecular complexity index is 718. The lowest BCUT2D eigenvalue weighted by atomic mass is 10.1. The van der Waals surface area contributed by atoms with Crippen LogP contribution < -0.4 is 9.47 Å². The molecule has 1 saturated heterocycles. The minimum absolute atomic E-state index is 0.124. The van der Waals surface area contributed by atoms with E-state index in [9.17, 15) is 4.79 Å². The van der Waals surface area contributed by atoms with Crippen molar-refractivity contribution in [3.05, 3.63) is 54.4 Å². The number of likely N-dealkylation sites (tertiary alicyclic amines) is 1. The highest BCUT2D eigenvalue weighted by Gasteiger charge is 2.24. The first-order chi connectivity index (χ1) is 13.3. The van der Waals surface area contributed by atoms with Gasteiger partial charge in [0.25, 0.3) is 0 Å². The van der Waals surface area contributed by atoms with E-state index in [0.29, 0.717) is 12.4 Å². The van der Waals surface area contributed by atoms with E-state index in [0.717, 1.165) is 48.7 Å². The van der Waals surface area contributed by atoms with E-state index >= 15 is 0 Å². The zero-order valence-corrected chi connectivity index (χ0v) is 16.5. The molecule has 0 unspecified atom stereocenters. The number of carbonyl (C=O) groups excluding carboxylic acids is 1. The van der Waals surface area contributed by atoms with Crippen molar-refractivity contribution in [3.63, 3.8) is 0 Å². The van der Waals surface area contributed by atoms with E-state index in [1.807, 2.05) is 54.4 Å². The second kappa shape index (κ2) is 10.2. The molecule has 3 rings (SSSR count). The van der Waals surface area contributed by atoms with E-state index in [2.05, 4.69) is 4.98 Å². The van der Waals surface area contributed by atoms with Gasteiger partial charge in [-0.25, -0.2) is 0 Å². The fourth-order valence-electron chi connectivity index (χ4n) is 3.06. The standard InChI is InChI=1S/C21H26N2O3S/c1-2-25-19-7-3-4-8-20(19)26-18-9-12-23(13-10-18)21(24)16-27-15-17-6-5-11-22-14-17/h3-8,11,14,18H,2,9-10,12-13,15-16H2,1H3. The number of piperidine rings is 1. The maximum atomic E-state index is 12.4. The Kier molecular flexibility index (Phi) is 7.39. The third-order valence-corrected chi connectivity index (χ3v) is 5.44. The predicted molar refractivity (Wildman–Crippen MR) is 108 cm³/mol. The summed E-state index contributed by atoms with van der Waals surface area (Å²) in [5.41, 5.74) is 1.15. The quantitative estimate of drug-likeness (QED) is 0.691. The third kappa shape index (κ3) is 5.89. The van der Waals surface area contributed by atoms with Crippen molar-refractivity contribution >= 4 is 17.7 Å². The summed E-state index contributed by atoms with van der Waals surface area (Å²) in [4.78, 5) is 18.5. The van der Waals surface area contributed by atoms with Gasteiger partial charge in [0.15, 0.2) is 11.5 Å². The molecule has 1 fully saturated rings. The van der Waals surface area contributed by atoms with Gasteiger partial charge < -0.3 is 14.4 Å². The number of ether oxygens (including phenoxy) is 2. The summed E-state index contributed by atoms with van der Waals surface area (Å²) in [5, 5.41) is 0. The van der Waals surface area contributed by atoms with Crippen LogP contribution in [0.25, 0.3) is 0 Å². The molecule has 1 aliphatic rings. The summed E-state index contributed by atoms with van der Waals surface area (Å²) >= 11 is 1.64. The number of para-hydroxylation sites is 2. The number of aromatic nitrogens is 1. The molecule has 0 radical (unpaired) electrons. The summed E-state index contributed by atoms with van der Waals surface area (Å²) in [7, 11) is 0. The Morgan fingerprint density at radius 3 is 2.67 bits per heavy atom. The van der Waals surface area contributed by atoms with Gasteiger partial charge in [0.05, 0.1) is 12.4 Å². The molecule has 0 saturated carbocycles. The molecule has 144 valence electrons. The lowest BCUT2D eigenvalue weighted by molar-refractivity contribution is -0.130. The smallest absolute Gasteiger partial charge is 0.232 e. The molecule has 1 aromatic heterocycles. The predicted octanol–water partition coefficient (Wildman–Crippen LogP) is 3.78. The molecular weight excluding hydrogens is 360 g/mol. The topological polar surface area (TPSA) is 51.7 Å². The van der Waals surface area contributed by atoms with Crippen LogP contribution in [0.1, 0.15) is 25.3 Å². The Hall–Kier alpha value is -2.21. The molecule has 0 bridgehead atoms. The van der Waals surface area contributed by atoms with Crippen LogP contribution in [0.4, 0.5) is 0 Å². The molecule has 6 heteroatoms. The average Bonchev–Trinajstić information content (AvgIpc) is 2.71. The van der Waals surface area contributed by atoms with Crippen LogP contribution in [-0.4, -0.2) is 47.3 Å². The van der Waals surface area contributed by atoms with Gasteiger partial charge in [0.2, 0.25) is 5.91 Å². The zero-order valence-electron chi connectivity index (χ0n) is 15.7. The largest absolute Gasteiger partial charge is 0.490 e. The monoisotopic (exact) mass is 386 g/mol. The highest BCUT2D eigenvalue weighted by atomic mass is 32.2. The molecule has 0 aliphatic carbocycles. The van der Waals surface area contributed by atoms with Crippen molar-refractivity contribution in [2.75, 3.05) is 25.4 Å². The number of thioether (sulfide) groups is 1. The molecular formula is C21H26N2O3S. The molecule has 1 aliphatic heterocycles. The number of amides is 1. The Morgan fingerprint density at radius 1 is 1.19 bits per heavy atom. The van der Waals surface area contributed by atoms with Crippen LogP contribution in [0.2, 0.25) is 0 Å². The summed E-state index contributed by atoms with van der Waals surface area (Å²) in [6, 6.07) is 11.7. The van der Waals surface area contributed by atoms with Crippen LogP contribution in [0.15, 0.2) is 48.8 Å². The first-order valence-electron chi connectivity index (χ1n) is 9.39. The van der Waals surface area contributed by atoms with Crippen molar-refractivity contribution < 1.29 is 14.3 Å². The van der Waals surface area contributed by atoms with Gasteiger partial charge in [-0.2, -0.15) is 0 Å². The molecule has 0 atom stereocenters. The highest BCUT2D eigenvalue weighted by molar-refractivity contribution is 7.99. The molecule has 1 aromatic carbocycles. The molecule has 27 heavy (non-hydrogen) atoms. The van der Waals surface area contributed by atoms with Crippen LogP contribution in [-0.2, 0) is 10.5 Å². The summed E-state index contributed by atoms with van der Waals surface area (Å²) < 4.78 is 11.8. The van der Waals surface area contributed by atoms with Crippen molar-refractivity contribution in [2.24, 2.45) is 0 Å². The Balaban J connectivity index is 1.41. The number of benzene rings is 1. The molecule has 2 aromatic rings. The van der Waals surface area contributed by atoms with Crippen molar-refractivity contribution in [1.29, 1.82) is 0 Å². The van der Waals surface area contributed by atoms with Gasteiger partial charge in [-0.05, 0) is 30.7 Å². The third-order valence-electron chi connectivity index (χ3n) is 4.45. The fraction of sp³-hybridized carbons (Fsp3) is 0.429. The van der Waals surface area contributed by atoms with Crippen molar-refractivity contribution in [3.8, 4) is 11.5 Å². The number of pyridine rings is 1. The maximum absolute atomic E-state index is 12.4. The van der Waals surface area contributed by atoms with Crippen LogP contribution in [0.3, 0.4) is 0 Å². The number of nitrogens with zero attached hydrogens (tertiary/aromatic N) is 2. The Morgan fingerprint density at radius 2 is 1.96 bits per heavy atom. The number of hydrogen-bond acceptors (Lipinski definition) is 5. The second-order valence-electron chi connectivity index (χ2n) is 6.43. The van der Waals surface area contributed by atoms with Crippen LogP contribution in [0.5, 0.6) is 11.5 Å². The molecule has 0 spiro atoms. The molecule has 2 heterocycles. The maximum Gasteiger partial charge on any atom is 0.232 e. The van der Waals surface area contributed by atoms with Gasteiger partial charge in [-0.15, -0.1) is 11.8 Å². The second-order valence-corrected chi connectivity index (χ2v) is 7.42. The molecule has 0 N–H and O–H groups in total. The first-order valence-corrected chi connectivity index (χ1v) is 10.5. The van der Waals surface area contributed by atoms with Gasteiger partial charge in [-0.1, -0.05) is 18.2 Å². The van der Waals surface area contributed by atoms with Crippen molar-refractivity contribution in [2.45, 2.75) is 31.6 Å². The molecule has 1 amide bonds. The number of carbonyl (C=O) groups is 1. The first kappa shape index (κ1) is 19.5. The highest BCUT2D eigenvalue weighted by Crippen LogP contribution is 2.29. The summed E-state index contributed by atoms with van der Waals surface area (Å²) in [5.74, 6) is 3.10. The fourth-order valence-corrected chi connectivity index (χ4v) is 3.92. The van der Waals surface area contributed by atoms with E-state index in [1.165, 1.54) is 0 Å². The lowest BCUT2D eigenvalue weighted by Crippen LogP contribution is -2.42. The summed E-state index contributed by atoms with van der Waals surface area (Å²) in [6.07, 6.45) is 5.43. The van der Waals surface area contributed by atoms with Crippen molar-refractivity contribution in [1.82, 2.24) is 9.88 Å². The zero-order chi connectivity index (χ0) is 18.9. The van der Waals surface area contributed by atoms with E-state index in [1.54, 1.807) is 18.0 Å². The van der Waals surface area contributed by atoms with E-state index in [4.69, 9.17) is 9.47 Å². The summed E-state index contributed by atoms with van der Waals surface area (Å²) in [6.45, 7) is 4.07. The average molecular weight is 387 g/mol. The minimum Gasteiger partial charge on any atom is -0.490 e. The van der Waals surface area contributed by atoms with Gasteiger partial charge in [0.1, 0.15) is 6.10 Å². The lowest BCUT2D eigenvalue weighted by Gasteiger charge is -2.32. The van der Waals surface area contributed by atoms with Gasteiger partial charge in [0, 0.05) is 44.1 Å². The van der Waals surface area contributed by atoms with Crippen LogP contribution >= 0.6 is 11.8 Å². The normalized spacial score (nSPS) is 14.8. The SMILES string of the molecule is CCOc1ccccc1OC1CCN(C(=O)CSCc2cccnc2)CC1. The van der Waals surface area contributed by atoms with Gasteiger partial charge >= 0.3 is 0 Å². The minimum atomic E-state index is 0.124. The van der Waals surface area contributed by atoms with E-state index < -0.39 is 0 Å².